The molecule has 2 fully saturated rings. The number of nitrogens with one attached hydrogen (secondary N) is 1. The van der Waals surface area contributed by atoms with Crippen LogP contribution >= 0.6 is 0 Å². The first-order valence-corrected chi connectivity index (χ1v) is 9.06. The number of benzene rings is 2. The van der Waals surface area contributed by atoms with Gasteiger partial charge in [-0.25, -0.2) is 8.78 Å². The van der Waals surface area contributed by atoms with Gasteiger partial charge in [-0.3, -0.25) is 9.69 Å². The van der Waals surface area contributed by atoms with Crippen LogP contribution in [-0.4, -0.2) is 36.9 Å². The maximum absolute atomic E-state index is 13.4. The fourth-order valence-electron chi connectivity index (χ4n) is 4.29. The third kappa shape index (κ3) is 3.17. The standard InChI is InChI=1S/C21H22F2N2O/c22-17-5-1-15(2-6-17)20(16-3-7-18(23)8-4-16)25-12-10-21(14-25)13-24-11-9-19(21)26/h1-8,20,24H,9-14H2. The highest BCUT2D eigenvalue weighted by Gasteiger charge is 2.47. The Hall–Kier alpha value is -2.11. The van der Waals surface area contributed by atoms with Gasteiger partial charge in [-0.1, -0.05) is 24.3 Å². The minimum atomic E-state index is -0.337. The van der Waals surface area contributed by atoms with Crippen LogP contribution in [0.2, 0.25) is 0 Å². The van der Waals surface area contributed by atoms with Gasteiger partial charge in [-0.15, -0.1) is 0 Å². The van der Waals surface area contributed by atoms with Gasteiger partial charge in [0.25, 0.3) is 0 Å². The minimum absolute atomic E-state index is 0.120. The van der Waals surface area contributed by atoms with E-state index in [9.17, 15) is 13.6 Å². The monoisotopic (exact) mass is 356 g/mol. The van der Waals surface area contributed by atoms with Gasteiger partial charge >= 0.3 is 0 Å². The lowest BCUT2D eigenvalue weighted by Crippen LogP contribution is -2.49. The minimum Gasteiger partial charge on any atom is -0.315 e. The van der Waals surface area contributed by atoms with Gasteiger partial charge in [0.2, 0.25) is 0 Å². The Morgan fingerprint density at radius 1 is 0.962 bits per heavy atom. The average molecular weight is 356 g/mol. The molecule has 2 aliphatic heterocycles. The quantitative estimate of drug-likeness (QED) is 0.916. The predicted molar refractivity (Wildman–Crippen MR) is 95.8 cm³/mol. The zero-order chi connectivity index (χ0) is 18.1. The summed E-state index contributed by atoms with van der Waals surface area (Å²) in [5, 5.41) is 3.36. The Morgan fingerprint density at radius 2 is 1.54 bits per heavy atom. The number of nitrogens with zero attached hydrogens (tertiary/aromatic N) is 1. The average Bonchev–Trinajstić information content (AvgIpc) is 3.06. The molecule has 2 aromatic rings. The maximum Gasteiger partial charge on any atom is 0.142 e. The number of carbonyl (C=O) groups is 1. The van der Waals surface area contributed by atoms with Crippen LogP contribution < -0.4 is 5.32 Å². The Bertz CT molecular complexity index is 745. The van der Waals surface area contributed by atoms with Crippen molar-refractivity contribution in [2.75, 3.05) is 26.2 Å². The fraction of sp³-hybridized carbons (Fsp3) is 0.381. The van der Waals surface area contributed by atoms with Crippen LogP contribution in [0.15, 0.2) is 48.5 Å². The van der Waals surface area contributed by atoms with Gasteiger partial charge in [0.1, 0.15) is 17.4 Å². The molecule has 0 aliphatic carbocycles. The van der Waals surface area contributed by atoms with Gasteiger partial charge < -0.3 is 5.32 Å². The molecular weight excluding hydrogens is 334 g/mol. The second kappa shape index (κ2) is 6.89. The van der Waals surface area contributed by atoms with E-state index in [1.807, 2.05) is 0 Å². The molecule has 26 heavy (non-hydrogen) atoms. The lowest BCUT2D eigenvalue weighted by molar-refractivity contribution is -0.129. The first-order valence-electron chi connectivity index (χ1n) is 9.06. The normalized spacial score (nSPS) is 23.9. The highest BCUT2D eigenvalue weighted by atomic mass is 19.1. The van der Waals surface area contributed by atoms with E-state index >= 15 is 0 Å². The number of ketones is 1. The smallest absolute Gasteiger partial charge is 0.142 e. The molecule has 0 radical (unpaired) electrons. The number of rotatable bonds is 3. The molecule has 1 atom stereocenters. The summed E-state index contributed by atoms with van der Waals surface area (Å²) < 4.78 is 26.8. The molecule has 4 rings (SSSR count). The van der Waals surface area contributed by atoms with E-state index in [0.717, 1.165) is 30.6 Å². The molecule has 136 valence electrons. The molecule has 0 amide bonds. The van der Waals surface area contributed by atoms with Crippen molar-refractivity contribution in [3.8, 4) is 0 Å². The summed E-state index contributed by atoms with van der Waals surface area (Å²) in [6, 6.07) is 12.8. The largest absolute Gasteiger partial charge is 0.315 e. The van der Waals surface area contributed by atoms with E-state index in [-0.39, 0.29) is 23.1 Å². The van der Waals surface area contributed by atoms with Crippen LogP contribution in [-0.2, 0) is 4.79 Å². The Kier molecular flexibility index (Phi) is 4.59. The second-order valence-electron chi connectivity index (χ2n) is 7.36. The molecule has 0 saturated carbocycles. The van der Waals surface area contributed by atoms with Crippen molar-refractivity contribution in [1.82, 2.24) is 10.2 Å². The van der Waals surface area contributed by atoms with Gasteiger partial charge in [0.15, 0.2) is 0 Å². The van der Waals surface area contributed by atoms with E-state index in [1.165, 1.54) is 24.3 Å². The first-order chi connectivity index (χ1) is 12.6. The molecule has 5 heteroatoms. The molecule has 1 spiro atoms. The van der Waals surface area contributed by atoms with Crippen molar-refractivity contribution < 1.29 is 13.6 Å². The Morgan fingerprint density at radius 3 is 2.08 bits per heavy atom. The lowest BCUT2D eigenvalue weighted by atomic mass is 9.79. The summed E-state index contributed by atoms with van der Waals surface area (Å²) >= 11 is 0. The number of carbonyl (C=O) groups excluding carboxylic acids is 1. The zero-order valence-electron chi connectivity index (χ0n) is 14.6. The fourth-order valence-corrected chi connectivity index (χ4v) is 4.29. The third-order valence-corrected chi connectivity index (χ3v) is 5.70. The highest BCUT2D eigenvalue weighted by molar-refractivity contribution is 5.86. The van der Waals surface area contributed by atoms with Crippen LogP contribution in [0, 0.1) is 17.0 Å². The molecule has 2 saturated heterocycles. The van der Waals surface area contributed by atoms with E-state index in [1.54, 1.807) is 24.3 Å². The molecular formula is C21H22F2N2O. The molecule has 1 N–H and O–H groups in total. The number of piperidine rings is 1. The van der Waals surface area contributed by atoms with Crippen molar-refractivity contribution in [1.29, 1.82) is 0 Å². The molecule has 2 aromatic carbocycles. The van der Waals surface area contributed by atoms with Crippen molar-refractivity contribution >= 4 is 5.78 Å². The van der Waals surface area contributed by atoms with E-state index in [2.05, 4.69) is 10.2 Å². The molecule has 1 unspecified atom stereocenters. The van der Waals surface area contributed by atoms with Crippen LogP contribution in [0.25, 0.3) is 0 Å². The molecule has 3 nitrogen and oxygen atoms in total. The number of likely N-dealkylation sites (tertiary alicyclic amines) is 1. The lowest BCUT2D eigenvalue weighted by Gasteiger charge is -2.34. The maximum atomic E-state index is 13.4. The predicted octanol–water partition coefficient (Wildman–Crippen LogP) is 3.31. The van der Waals surface area contributed by atoms with Gasteiger partial charge in [-0.2, -0.15) is 0 Å². The molecule has 2 heterocycles. The summed E-state index contributed by atoms with van der Waals surface area (Å²) in [5.41, 5.74) is 1.56. The van der Waals surface area contributed by atoms with E-state index in [4.69, 9.17) is 0 Å². The number of hydrogen-bond donors (Lipinski definition) is 1. The van der Waals surface area contributed by atoms with Gasteiger partial charge in [-0.05, 0) is 41.8 Å². The van der Waals surface area contributed by atoms with Gasteiger partial charge in [0.05, 0.1) is 11.5 Å². The molecule has 2 aliphatic rings. The van der Waals surface area contributed by atoms with Crippen LogP contribution in [0.4, 0.5) is 8.78 Å². The van der Waals surface area contributed by atoms with Crippen molar-refractivity contribution in [3.63, 3.8) is 0 Å². The summed E-state index contributed by atoms with van der Waals surface area (Å²) in [6.45, 7) is 2.91. The van der Waals surface area contributed by atoms with Crippen LogP contribution in [0.3, 0.4) is 0 Å². The van der Waals surface area contributed by atoms with Crippen LogP contribution in [0.1, 0.15) is 30.0 Å². The number of halogens is 2. The van der Waals surface area contributed by atoms with Crippen LogP contribution in [0.5, 0.6) is 0 Å². The summed E-state index contributed by atoms with van der Waals surface area (Å²) in [5.74, 6) is -0.233. The SMILES string of the molecule is O=C1CCNCC12CCN(C(c1ccc(F)cc1)c1ccc(F)cc1)C2. The highest BCUT2D eigenvalue weighted by Crippen LogP contribution is 2.40. The van der Waals surface area contributed by atoms with Crippen molar-refractivity contribution in [3.05, 3.63) is 71.3 Å². The first kappa shape index (κ1) is 17.3. The number of Topliss-reactive ketones (excluding diaryl/α,β-unsaturated/α-hetero) is 1. The Labute approximate surface area is 152 Å². The summed E-state index contributed by atoms with van der Waals surface area (Å²) in [6.07, 6.45) is 1.39. The van der Waals surface area contributed by atoms with E-state index < -0.39 is 0 Å². The van der Waals surface area contributed by atoms with Gasteiger partial charge in [0, 0.05) is 32.6 Å². The molecule has 0 bridgehead atoms. The third-order valence-electron chi connectivity index (χ3n) is 5.70. The van der Waals surface area contributed by atoms with Crippen molar-refractivity contribution in [2.24, 2.45) is 5.41 Å². The number of hydrogen-bond acceptors (Lipinski definition) is 3. The topological polar surface area (TPSA) is 32.3 Å². The molecule has 0 aromatic heterocycles. The second-order valence-corrected chi connectivity index (χ2v) is 7.36. The zero-order valence-corrected chi connectivity index (χ0v) is 14.6. The van der Waals surface area contributed by atoms with Crippen molar-refractivity contribution in [2.45, 2.75) is 18.9 Å². The Balaban J connectivity index is 1.68. The van der Waals surface area contributed by atoms with E-state index in [0.29, 0.717) is 25.3 Å². The summed E-state index contributed by atoms with van der Waals surface area (Å²) in [7, 11) is 0. The summed E-state index contributed by atoms with van der Waals surface area (Å²) in [4.78, 5) is 14.9.